The van der Waals surface area contributed by atoms with Gasteiger partial charge in [-0.05, 0) is 39.1 Å². The van der Waals surface area contributed by atoms with E-state index in [1.54, 1.807) is 30.1 Å². The number of nitrogens with zero attached hydrogens (tertiary/aromatic N) is 2. The van der Waals surface area contributed by atoms with Crippen molar-refractivity contribution in [1.82, 2.24) is 14.9 Å². The Balaban J connectivity index is 2.35. The second-order valence-electron chi connectivity index (χ2n) is 5.23. The Morgan fingerprint density at radius 2 is 2.14 bits per heavy atom. The van der Waals surface area contributed by atoms with Crippen molar-refractivity contribution in [2.75, 3.05) is 0 Å². The third-order valence-corrected chi connectivity index (χ3v) is 4.19. The summed E-state index contributed by atoms with van der Waals surface area (Å²) < 4.78 is 0. The van der Waals surface area contributed by atoms with Gasteiger partial charge in [-0.25, -0.2) is 4.98 Å². The van der Waals surface area contributed by atoms with E-state index in [1.165, 1.54) is 0 Å². The maximum absolute atomic E-state index is 12.6. The Labute approximate surface area is 127 Å². The van der Waals surface area contributed by atoms with E-state index in [0.29, 0.717) is 17.9 Å². The number of carbonyl (C=O) groups is 1. The van der Waals surface area contributed by atoms with Crippen molar-refractivity contribution in [1.29, 1.82) is 0 Å². The summed E-state index contributed by atoms with van der Waals surface area (Å²) in [5, 5.41) is 1.97. The average molecular weight is 305 g/mol. The normalized spacial score (nSPS) is 10.9. The summed E-state index contributed by atoms with van der Waals surface area (Å²) in [5.74, 6) is -0.331. The largest absolute Gasteiger partial charge is 0.330 e. The highest BCUT2D eigenvalue weighted by molar-refractivity contribution is 7.09. The Bertz CT molecular complexity index is 689. The molecule has 112 valence electrons. The highest BCUT2D eigenvalue weighted by Gasteiger charge is 2.23. The van der Waals surface area contributed by atoms with Crippen molar-refractivity contribution in [3.05, 3.63) is 49.8 Å². The van der Waals surface area contributed by atoms with Crippen molar-refractivity contribution in [2.24, 2.45) is 0 Å². The number of nitrogens with one attached hydrogen (secondary N) is 1. The molecule has 0 saturated heterocycles. The van der Waals surface area contributed by atoms with E-state index in [-0.39, 0.29) is 17.6 Å². The summed E-state index contributed by atoms with van der Waals surface area (Å²) in [6, 6.07) is 3.91. The molecule has 1 amide bonds. The molecule has 0 spiro atoms. The minimum atomic E-state index is -0.431. The molecule has 0 radical (unpaired) electrons. The van der Waals surface area contributed by atoms with Crippen LogP contribution in [0.2, 0.25) is 0 Å². The minimum absolute atomic E-state index is 0.0117. The number of aromatic amines is 1. The van der Waals surface area contributed by atoms with E-state index in [0.717, 1.165) is 4.88 Å². The van der Waals surface area contributed by atoms with E-state index in [9.17, 15) is 9.59 Å². The fraction of sp³-hybridized carbons (Fsp3) is 0.400. The lowest BCUT2D eigenvalue weighted by Crippen LogP contribution is -2.40. The standard InChI is InChI=1S/C15H19N3O2S/c1-9(2)18(8-12-6-5-7-21-12)15(20)13-14(19)17-11(4)10(3)16-13/h5-7,9H,8H2,1-4H3,(H,17,19). The van der Waals surface area contributed by atoms with Gasteiger partial charge >= 0.3 is 0 Å². The van der Waals surface area contributed by atoms with Crippen molar-refractivity contribution < 1.29 is 4.79 Å². The maximum atomic E-state index is 12.6. The molecule has 0 unspecified atom stereocenters. The molecule has 0 aliphatic carbocycles. The zero-order chi connectivity index (χ0) is 15.6. The van der Waals surface area contributed by atoms with Gasteiger partial charge in [0.25, 0.3) is 11.5 Å². The molecule has 0 atom stereocenters. The topological polar surface area (TPSA) is 66.1 Å². The van der Waals surface area contributed by atoms with Gasteiger partial charge in [0, 0.05) is 16.6 Å². The van der Waals surface area contributed by atoms with Crippen LogP contribution in [0.1, 0.15) is 40.6 Å². The molecule has 2 heterocycles. The predicted molar refractivity (Wildman–Crippen MR) is 83.7 cm³/mol. The third kappa shape index (κ3) is 3.39. The van der Waals surface area contributed by atoms with Crippen LogP contribution in [0.4, 0.5) is 0 Å². The summed E-state index contributed by atoms with van der Waals surface area (Å²) in [7, 11) is 0. The predicted octanol–water partition coefficient (Wildman–Crippen LogP) is 2.50. The van der Waals surface area contributed by atoms with E-state index in [2.05, 4.69) is 9.97 Å². The number of amides is 1. The molecule has 0 saturated carbocycles. The van der Waals surface area contributed by atoms with Crippen LogP contribution in [0.3, 0.4) is 0 Å². The number of hydrogen-bond donors (Lipinski definition) is 1. The zero-order valence-corrected chi connectivity index (χ0v) is 13.5. The first-order valence-electron chi connectivity index (χ1n) is 6.81. The van der Waals surface area contributed by atoms with E-state index >= 15 is 0 Å². The maximum Gasteiger partial charge on any atom is 0.279 e. The second kappa shape index (κ2) is 6.22. The van der Waals surface area contributed by atoms with E-state index in [1.807, 2.05) is 31.4 Å². The lowest BCUT2D eigenvalue weighted by atomic mass is 10.2. The van der Waals surface area contributed by atoms with Gasteiger partial charge in [-0.2, -0.15) is 0 Å². The number of aryl methyl sites for hydroxylation is 2. The van der Waals surface area contributed by atoms with Crippen molar-refractivity contribution in [3.8, 4) is 0 Å². The highest BCUT2D eigenvalue weighted by atomic mass is 32.1. The first kappa shape index (κ1) is 15.4. The first-order valence-corrected chi connectivity index (χ1v) is 7.69. The van der Waals surface area contributed by atoms with Gasteiger partial charge in [-0.1, -0.05) is 6.07 Å². The lowest BCUT2D eigenvalue weighted by Gasteiger charge is -2.25. The van der Waals surface area contributed by atoms with Crippen LogP contribution in [-0.2, 0) is 6.54 Å². The van der Waals surface area contributed by atoms with Gasteiger partial charge < -0.3 is 9.88 Å². The van der Waals surface area contributed by atoms with Crippen molar-refractivity contribution in [3.63, 3.8) is 0 Å². The van der Waals surface area contributed by atoms with Crippen LogP contribution in [0.15, 0.2) is 22.3 Å². The van der Waals surface area contributed by atoms with Gasteiger partial charge in [0.05, 0.1) is 12.2 Å². The number of carbonyl (C=O) groups excluding carboxylic acids is 1. The number of H-pyrrole nitrogens is 1. The van der Waals surface area contributed by atoms with Gasteiger partial charge in [0.15, 0.2) is 5.69 Å². The molecule has 6 heteroatoms. The molecule has 5 nitrogen and oxygen atoms in total. The van der Waals surface area contributed by atoms with Crippen LogP contribution in [0.25, 0.3) is 0 Å². The molecule has 0 aromatic carbocycles. The smallest absolute Gasteiger partial charge is 0.279 e. The Morgan fingerprint density at radius 3 is 2.71 bits per heavy atom. The molecular formula is C15H19N3O2S. The fourth-order valence-corrected chi connectivity index (χ4v) is 2.67. The molecule has 2 aromatic heterocycles. The molecule has 2 rings (SSSR count). The molecule has 0 bridgehead atoms. The SMILES string of the molecule is Cc1nc(C(=O)N(Cc2cccs2)C(C)C)c(=O)[nH]c1C. The van der Waals surface area contributed by atoms with Gasteiger partial charge in [-0.3, -0.25) is 9.59 Å². The summed E-state index contributed by atoms with van der Waals surface area (Å²) in [6.45, 7) is 7.90. The van der Waals surface area contributed by atoms with E-state index < -0.39 is 5.56 Å². The molecule has 0 fully saturated rings. The Morgan fingerprint density at radius 1 is 1.43 bits per heavy atom. The average Bonchev–Trinajstić information content (AvgIpc) is 2.92. The van der Waals surface area contributed by atoms with Crippen LogP contribution in [0, 0.1) is 13.8 Å². The summed E-state index contributed by atoms with van der Waals surface area (Å²) in [6.07, 6.45) is 0. The summed E-state index contributed by atoms with van der Waals surface area (Å²) in [5.41, 5.74) is 0.881. The molecule has 1 N–H and O–H groups in total. The monoisotopic (exact) mass is 305 g/mol. The highest BCUT2D eigenvalue weighted by Crippen LogP contribution is 2.15. The van der Waals surface area contributed by atoms with E-state index in [4.69, 9.17) is 0 Å². The molecule has 21 heavy (non-hydrogen) atoms. The molecular weight excluding hydrogens is 286 g/mol. The Kier molecular flexibility index (Phi) is 4.57. The fourth-order valence-electron chi connectivity index (χ4n) is 1.96. The zero-order valence-electron chi connectivity index (χ0n) is 12.6. The van der Waals surface area contributed by atoms with Crippen LogP contribution >= 0.6 is 11.3 Å². The van der Waals surface area contributed by atoms with Gasteiger partial charge in [-0.15, -0.1) is 11.3 Å². The van der Waals surface area contributed by atoms with Gasteiger partial charge in [0.2, 0.25) is 0 Å². The number of aromatic nitrogens is 2. The second-order valence-corrected chi connectivity index (χ2v) is 6.26. The van der Waals surface area contributed by atoms with Crippen molar-refractivity contribution in [2.45, 2.75) is 40.3 Å². The Hall–Kier alpha value is -1.95. The van der Waals surface area contributed by atoms with Gasteiger partial charge in [0.1, 0.15) is 0 Å². The number of rotatable bonds is 4. The molecule has 0 aliphatic rings. The lowest BCUT2D eigenvalue weighted by molar-refractivity contribution is 0.0684. The first-order chi connectivity index (χ1) is 9.90. The number of hydrogen-bond acceptors (Lipinski definition) is 4. The third-order valence-electron chi connectivity index (χ3n) is 3.33. The van der Waals surface area contributed by atoms with Crippen LogP contribution in [-0.4, -0.2) is 26.8 Å². The molecule has 0 aliphatic heterocycles. The molecule has 2 aromatic rings. The van der Waals surface area contributed by atoms with Crippen LogP contribution < -0.4 is 5.56 Å². The van der Waals surface area contributed by atoms with Crippen molar-refractivity contribution >= 4 is 17.2 Å². The summed E-state index contributed by atoms with van der Waals surface area (Å²) in [4.78, 5) is 34.2. The summed E-state index contributed by atoms with van der Waals surface area (Å²) >= 11 is 1.59. The minimum Gasteiger partial charge on any atom is -0.330 e. The number of thiophene rings is 1. The quantitative estimate of drug-likeness (QED) is 0.944. The van der Waals surface area contributed by atoms with Crippen LogP contribution in [0.5, 0.6) is 0 Å².